The molecule has 1 heterocycles. The van der Waals surface area contributed by atoms with Gasteiger partial charge in [-0.3, -0.25) is 0 Å². The molecule has 0 spiro atoms. The quantitative estimate of drug-likeness (QED) is 0.584. The summed E-state index contributed by atoms with van der Waals surface area (Å²) < 4.78 is 5.36. The van der Waals surface area contributed by atoms with Crippen LogP contribution in [0.25, 0.3) is 0 Å². The Labute approximate surface area is 67.4 Å². The highest BCUT2D eigenvalue weighted by molar-refractivity contribution is 5.40. The van der Waals surface area contributed by atoms with Crippen LogP contribution in [0.4, 0.5) is 0 Å². The number of ether oxygens (including phenoxy) is 1. The van der Waals surface area contributed by atoms with Crippen molar-refractivity contribution in [2.45, 2.75) is 6.92 Å². The van der Waals surface area contributed by atoms with Crippen LogP contribution in [0.3, 0.4) is 0 Å². The molecular weight excluding hydrogens is 136 g/mol. The molecule has 1 nitrogen and oxygen atoms in total. The van der Waals surface area contributed by atoms with Gasteiger partial charge in [-0.15, -0.1) is 0 Å². The van der Waals surface area contributed by atoms with Gasteiger partial charge in [0.05, 0.1) is 0 Å². The summed E-state index contributed by atoms with van der Waals surface area (Å²) in [7, 11) is 0. The molecule has 0 saturated heterocycles. The highest BCUT2D eigenvalue weighted by Gasteiger charge is 2.05. The van der Waals surface area contributed by atoms with Gasteiger partial charge in [0.2, 0.25) is 0 Å². The van der Waals surface area contributed by atoms with Crippen LogP contribution in [-0.2, 0) is 4.74 Å². The normalized spacial score (nSPS) is 17.0. The summed E-state index contributed by atoms with van der Waals surface area (Å²) in [6.07, 6.45) is 5.55. The molecule has 0 aromatic carbocycles. The van der Waals surface area contributed by atoms with Crippen molar-refractivity contribution in [2.75, 3.05) is 6.61 Å². The first kappa shape index (κ1) is 7.86. The third-order valence-electron chi connectivity index (χ3n) is 1.55. The van der Waals surface area contributed by atoms with E-state index in [9.17, 15) is 0 Å². The van der Waals surface area contributed by atoms with Crippen molar-refractivity contribution in [2.24, 2.45) is 0 Å². The van der Waals surface area contributed by atoms with Gasteiger partial charge in [-0.05, 0) is 24.6 Å². The summed E-state index contributed by atoms with van der Waals surface area (Å²) in [5.41, 5.74) is 2.23. The maximum absolute atomic E-state index is 5.36. The summed E-state index contributed by atoms with van der Waals surface area (Å²) >= 11 is 0. The summed E-state index contributed by atoms with van der Waals surface area (Å²) in [6, 6.07) is 0. The molecule has 1 rings (SSSR count). The van der Waals surface area contributed by atoms with Crippen LogP contribution >= 0.6 is 0 Å². The molecule has 0 aromatic heterocycles. The van der Waals surface area contributed by atoms with Crippen molar-refractivity contribution in [3.8, 4) is 0 Å². The van der Waals surface area contributed by atoms with Gasteiger partial charge >= 0.3 is 0 Å². The zero-order chi connectivity index (χ0) is 8.27. The summed E-state index contributed by atoms with van der Waals surface area (Å²) in [6.45, 7) is 10.0. The average Bonchev–Trinajstić information content (AvgIpc) is 2.04. The molecule has 11 heavy (non-hydrogen) atoms. The minimum absolute atomic E-state index is 0.665. The first-order valence-corrected chi connectivity index (χ1v) is 3.57. The highest BCUT2D eigenvalue weighted by Crippen LogP contribution is 2.18. The van der Waals surface area contributed by atoms with Crippen molar-refractivity contribution in [3.63, 3.8) is 0 Å². The molecule has 1 aliphatic rings. The largest absolute Gasteiger partial charge is 0.489 e. The predicted molar refractivity (Wildman–Crippen MR) is 47.1 cm³/mol. The van der Waals surface area contributed by atoms with E-state index >= 15 is 0 Å². The van der Waals surface area contributed by atoms with Crippen LogP contribution in [0.2, 0.25) is 0 Å². The van der Waals surface area contributed by atoms with E-state index in [0.29, 0.717) is 6.61 Å². The van der Waals surface area contributed by atoms with Crippen molar-refractivity contribution >= 4 is 0 Å². The zero-order valence-electron chi connectivity index (χ0n) is 6.76. The SMILES string of the molecule is C=CC1=C(C=C)OCC(C)=C1. The number of hydrogen-bond donors (Lipinski definition) is 0. The van der Waals surface area contributed by atoms with Gasteiger partial charge in [-0.1, -0.05) is 19.2 Å². The Bertz CT molecular complexity index is 244. The molecule has 0 unspecified atom stereocenters. The minimum atomic E-state index is 0.665. The lowest BCUT2D eigenvalue weighted by molar-refractivity contribution is 0.246. The maximum Gasteiger partial charge on any atom is 0.126 e. The monoisotopic (exact) mass is 148 g/mol. The van der Waals surface area contributed by atoms with Gasteiger partial charge in [0.25, 0.3) is 0 Å². The standard InChI is InChI=1S/C10H12O/c1-4-9-6-8(3)7-11-10(9)5-2/h4-6H,1-2,7H2,3H3. The summed E-state index contributed by atoms with van der Waals surface area (Å²) in [5.74, 6) is 0.825. The van der Waals surface area contributed by atoms with E-state index in [2.05, 4.69) is 19.2 Å². The molecule has 0 aromatic rings. The zero-order valence-corrected chi connectivity index (χ0v) is 6.76. The minimum Gasteiger partial charge on any atom is -0.489 e. The van der Waals surface area contributed by atoms with E-state index in [0.717, 1.165) is 11.3 Å². The Hall–Kier alpha value is -1.24. The fourth-order valence-electron chi connectivity index (χ4n) is 0.989. The van der Waals surface area contributed by atoms with Crippen molar-refractivity contribution in [1.82, 2.24) is 0 Å². The fraction of sp³-hybridized carbons (Fsp3) is 0.200. The molecule has 0 saturated carbocycles. The molecule has 58 valence electrons. The van der Waals surface area contributed by atoms with Gasteiger partial charge in [0.1, 0.15) is 12.4 Å². The topological polar surface area (TPSA) is 9.23 Å². The lowest BCUT2D eigenvalue weighted by Gasteiger charge is -2.14. The Balaban J connectivity index is 3.01. The predicted octanol–water partition coefficient (Wildman–Crippen LogP) is 2.59. The van der Waals surface area contributed by atoms with Gasteiger partial charge < -0.3 is 4.74 Å². The molecule has 0 bridgehead atoms. The summed E-state index contributed by atoms with van der Waals surface area (Å²) in [4.78, 5) is 0. The van der Waals surface area contributed by atoms with Crippen LogP contribution in [0, 0.1) is 0 Å². The second-order valence-electron chi connectivity index (χ2n) is 2.51. The molecule has 0 radical (unpaired) electrons. The Kier molecular flexibility index (Phi) is 2.32. The van der Waals surface area contributed by atoms with Crippen molar-refractivity contribution in [3.05, 3.63) is 48.3 Å². The number of hydrogen-bond acceptors (Lipinski definition) is 1. The van der Waals surface area contributed by atoms with Gasteiger partial charge in [0, 0.05) is 5.57 Å². The first-order chi connectivity index (χ1) is 5.27. The van der Waals surface area contributed by atoms with Crippen LogP contribution in [0.1, 0.15) is 6.92 Å². The number of allylic oxidation sites excluding steroid dienone is 4. The average molecular weight is 148 g/mol. The van der Waals surface area contributed by atoms with E-state index in [-0.39, 0.29) is 0 Å². The Morgan fingerprint density at radius 3 is 2.73 bits per heavy atom. The smallest absolute Gasteiger partial charge is 0.126 e. The molecule has 0 fully saturated rings. The lowest BCUT2D eigenvalue weighted by Crippen LogP contribution is -2.02. The second kappa shape index (κ2) is 3.24. The number of rotatable bonds is 2. The Morgan fingerprint density at radius 2 is 2.18 bits per heavy atom. The van der Waals surface area contributed by atoms with Gasteiger partial charge in [0.15, 0.2) is 0 Å². The Morgan fingerprint density at radius 1 is 1.45 bits per heavy atom. The second-order valence-corrected chi connectivity index (χ2v) is 2.51. The maximum atomic E-state index is 5.36. The van der Waals surface area contributed by atoms with Crippen LogP contribution in [0.5, 0.6) is 0 Å². The fourth-order valence-corrected chi connectivity index (χ4v) is 0.989. The van der Waals surface area contributed by atoms with Crippen molar-refractivity contribution < 1.29 is 4.74 Å². The molecular formula is C10H12O. The molecule has 0 atom stereocenters. The third-order valence-corrected chi connectivity index (χ3v) is 1.55. The van der Waals surface area contributed by atoms with E-state index in [1.54, 1.807) is 12.2 Å². The van der Waals surface area contributed by atoms with E-state index in [1.807, 2.05) is 6.92 Å². The molecule has 0 aliphatic carbocycles. The first-order valence-electron chi connectivity index (χ1n) is 3.57. The molecule has 1 heteroatoms. The van der Waals surface area contributed by atoms with Crippen LogP contribution in [-0.4, -0.2) is 6.61 Å². The highest BCUT2D eigenvalue weighted by atomic mass is 16.5. The van der Waals surface area contributed by atoms with E-state index in [4.69, 9.17) is 4.74 Å². The van der Waals surface area contributed by atoms with Crippen molar-refractivity contribution in [1.29, 1.82) is 0 Å². The third kappa shape index (κ3) is 1.61. The molecule has 0 N–H and O–H groups in total. The molecule has 0 amide bonds. The summed E-state index contributed by atoms with van der Waals surface area (Å²) in [5, 5.41) is 0. The van der Waals surface area contributed by atoms with E-state index < -0.39 is 0 Å². The molecule has 1 aliphatic heterocycles. The van der Waals surface area contributed by atoms with Gasteiger partial charge in [-0.25, -0.2) is 0 Å². The van der Waals surface area contributed by atoms with Gasteiger partial charge in [-0.2, -0.15) is 0 Å². The van der Waals surface area contributed by atoms with Crippen LogP contribution < -0.4 is 0 Å². The van der Waals surface area contributed by atoms with E-state index in [1.165, 1.54) is 5.57 Å². The lowest BCUT2D eigenvalue weighted by atomic mass is 10.1. The van der Waals surface area contributed by atoms with Crippen LogP contribution in [0.15, 0.2) is 48.3 Å².